The number of hydrogen-bond acceptors (Lipinski definition) is 2. The molecular weight excluding hydrogens is 272 g/mol. The van der Waals surface area contributed by atoms with Crippen LogP contribution in [0.4, 0.5) is 0 Å². The molecule has 1 saturated heterocycles. The van der Waals surface area contributed by atoms with E-state index in [0.29, 0.717) is 12.5 Å². The van der Waals surface area contributed by atoms with Crippen molar-refractivity contribution in [3.05, 3.63) is 47.5 Å². The molecule has 1 aliphatic rings. The monoisotopic (exact) mass is 300 g/mol. The maximum Gasteiger partial charge on any atom is 0.224 e. The number of benzene rings is 1. The number of amides is 1. The first-order valence-corrected chi connectivity index (χ1v) is 8.29. The predicted octanol–water partition coefficient (Wildman–Crippen LogP) is 3.47. The lowest BCUT2D eigenvalue weighted by molar-refractivity contribution is -0.133. The number of hydrogen-bond donors (Lipinski definition) is 0. The Kier molecular flexibility index (Phi) is 6.20. The van der Waals surface area contributed by atoms with Crippen LogP contribution in [-0.4, -0.2) is 41.4 Å². The Morgan fingerprint density at radius 3 is 2.64 bits per heavy atom. The molecule has 1 aromatic carbocycles. The Bertz CT molecular complexity index is 505. The van der Waals surface area contributed by atoms with Crippen LogP contribution in [0.3, 0.4) is 0 Å². The fourth-order valence-electron chi connectivity index (χ4n) is 2.91. The number of carbonyl (C=O) groups excluding carboxylic acids is 1. The standard InChI is InChI=1S/C19H28N2O/c1-4-18-15-20(12-10-16(2)3)13-11-19(22)21(18)14-17-8-6-5-7-9-17/h5-10,18H,4,11-15H2,1-3H3/t18-/m0/s1. The molecule has 1 fully saturated rings. The molecule has 0 aromatic heterocycles. The van der Waals surface area contributed by atoms with Crippen LogP contribution < -0.4 is 0 Å². The number of allylic oxidation sites excluding steroid dienone is 1. The molecule has 1 amide bonds. The van der Waals surface area contributed by atoms with Crippen LogP contribution in [0.5, 0.6) is 0 Å². The van der Waals surface area contributed by atoms with Gasteiger partial charge in [-0.05, 0) is 25.8 Å². The van der Waals surface area contributed by atoms with Crippen LogP contribution in [-0.2, 0) is 11.3 Å². The van der Waals surface area contributed by atoms with Gasteiger partial charge in [0.05, 0.1) is 0 Å². The lowest BCUT2D eigenvalue weighted by Crippen LogP contribution is -2.42. The van der Waals surface area contributed by atoms with Crippen LogP contribution in [0.1, 0.15) is 39.2 Å². The zero-order valence-electron chi connectivity index (χ0n) is 14.1. The molecule has 0 radical (unpaired) electrons. The van der Waals surface area contributed by atoms with E-state index in [9.17, 15) is 4.79 Å². The van der Waals surface area contributed by atoms with Gasteiger partial charge in [-0.25, -0.2) is 0 Å². The maximum atomic E-state index is 12.6. The molecule has 3 heteroatoms. The first-order chi connectivity index (χ1) is 10.6. The zero-order valence-corrected chi connectivity index (χ0v) is 14.1. The third kappa shape index (κ3) is 4.70. The summed E-state index contributed by atoms with van der Waals surface area (Å²) in [7, 11) is 0. The molecule has 1 heterocycles. The van der Waals surface area contributed by atoms with Gasteiger partial charge in [-0.3, -0.25) is 9.69 Å². The van der Waals surface area contributed by atoms with Gasteiger partial charge in [0.2, 0.25) is 5.91 Å². The molecule has 0 unspecified atom stereocenters. The summed E-state index contributed by atoms with van der Waals surface area (Å²) >= 11 is 0. The molecule has 0 N–H and O–H groups in total. The van der Waals surface area contributed by atoms with Crippen molar-refractivity contribution in [1.29, 1.82) is 0 Å². The first kappa shape index (κ1) is 16.8. The van der Waals surface area contributed by atoms with Gasteiger partial charge in [-0.15, -0.1) is 0 Å². The van der Waals surface area contributed by atoms with Gasteiger partial charge in [-0.2, -0.15) is 0 Å². The SMILES string of the molecule is CC[C@H]1CN(CC=C(C)C)CCC(=O)N1Cc1ccccc1. The van der Waals surface area contributed by atoms with Gasteiger partial charge < -0.3 is 4.90 Å². The van der Waals surface area contributed by atoms with Crippen molar-refractivity contribution in [3.8, 4) is 0 Å². The normalized spacial score (nSPS) is 19.9. The third-order valence-corrected chi connectivity index (χ3v) is 4.30. The van der Waals surface area contributed by atoms with Crippen LogP contribution in [0.25, 0.3) is 0 Å². The first-order valence-electron chi connectivity index (χ1n) is 8.29. The molecule has 2 rings (SSSR count). The van der Waals surface area contributed by atoms with Crippen molar-refractivity contribution in [2.75, 3.05) is 19.6 Å². The average Bonchev–Trinajstić information content (AvgIpc) is 2.67. The van der Waals surface area contributed by atoms with Crippen LogP contribution in [0, 0.1) is 0 Å². The van der Waals surface area contributed by atoms with Crippen molar-refractivity contribution in [2.45, 2.75) is 46.2 Å². The summed E-state index contributed by atoms with van der Waals surface area (Å²) in [6.45, 7) is 9.95. The van der Waals surface area contributed by atoms with E-state index >= 15 is 0 Å². The fourth-order valence-corrected chi connectivity index (χ4v) is 2.91. The van der Waals surface area contributed by atoms with Crippen molar-refractivity contribution in [1.82, 2.24) is 9.80 Å². The maximum absolute atomic E-state index is 12.6. The van der Waals surface area contributed by atoms with E-state index < -0.39 is 0 Å². The van der Waals surface area contributed by atoms with Gasteiger partial charge in [0.1, 0.15) is 0 Å². The second kappa shape index (κ2) is 8.14. The van der Waals surface area contributed by atoms with Gasteiger partial charge in [-0.1, -0.05) is 48.9 Å². The van der Waals surface area contributed by atoms with E-state index in [1.807, 2.05) is 18.2 Å². The summed E-state index contributed by atoms with van der Waals surface area (Å²) in [6.07, 6.45) is 3.88. The van der Waals surface area contributed by atoms with E-state index in [1.54, 1.807) is 0 Å². The highest BCUT2D eigenvalue weighted by Gasteiger charge is 2.28. The molecule has 0 aliphatic carbocycles. The summed E-state index contributed by atoms with van der Waals surface area (Å²) in [5.41, 5.74) is 2.55. The summed E-state index contributed by atoms with van der Waals surface area (Å²) < 4.78 is 0. The minimum Gasteiger partial charge on any atom is -0.334 e. The largest absolute Gasteiger partial charge is 0.334 e. The highest BCUT2D eigenvalue weighted by atomic mass is 16.2. The molecule has 0 spiro atoms. The van der Waals surface area contributed by atoms with Crippen LogP contribution >= 0.6 is 0 Å². The second-order valence-electron chi connectivity index (χ2n) is 6.36. The van der Waals surface area contributed by atoms with Crippen molar-refractivity contribution in [3.63, 3.8) is 0 Å². The van der Waals surface area contributed by atoms with Gasteiger partial charge in [0, 0.05) is 38.6 Å². The molecule has 0 saturated carbocycles. The van der Waals surface area contributed by atoms with E-state index in [-0.39, 0.29) is 5.91 Å². The molecule has 22 heavy (non-hydrogen) atoms. The summed E-state index contributed by atoms with van der Waals surface area (Å²) in [6, 6.07) is 10.6. The Morgan fingerprint density at radius 1 is 1.27 bits per heavy atom. The summed E-state index contributed by atoms with van der Waals surface area (Å²) in [5, 5.41) is 0. The van der Waals surface area contributed by atoms with Gasteiger partial charge in [0.25, 0.3) is 0 Å². The zero-order chi connectivity index (χ0) is 15.9. The predicted molar refractivity (Wildman–Crippen MR) is 91.6 cm³/mol. The Labute approximate surface area is 134 Å². The Morgan fingerprint density at radius 2 is 2.00 bits per heavy atom. The van der Waals surface area contributed by atoms with E-state index in [0.717, 1.165) is 32.6 Å². The van der Waals surface area contributed by atoms with E-state index in [2.05, 4.69) is 48.8 Å². The van der Waals surface area contributed by atoms with Crippen molar-refractivity contribution in [2.24, 2.45) is 0 Å². The molecular formula is C19H28N2O. The fraction of sp³-hybridized carbons (Fsp3) is 0.526. The Hall–Kier alpha value is -1.61. The third-order valence-electron chi connectivity index (χ3n) is 4.30. The topological polar surface area (TPSA) is 23.6 Å². The Balaban J connectivity index is 2.08. The van der Waals surface area contributed by atoms with Crippen LogP contribution in [0.15, 0.2) is 42.0 Å². The lowest BCUT2D eigenvalue weighted by Gasteiger charge is -2.31. The van der Waals surface area contributed by atoms with E-state index in [1.165, 1.54) is 11.1 Å². The van der Waals surface area contributed by atoms with Crippen LogP contribution in [0.2, 0.25) is 0 Å². The summed E-state index contributed by atoms with van der Waals surface area (Å²) in [4.78, 5) is 17.0. The van der Waals surface area contributed by atoms with E-state index in [4.69, 9.17) is 0 Å². The lowest BCUT2D eigenvalue weighted by atomic mass is 10.1. The van der Waals surface area contributed by atoms with Gasteiger partial charge in [0.15, 0.2) is 0 Å². The average molecular weight is 300 g/mol. The molecule has 3 nitrogen and oxygen atoms in total. The number of rotatable bonds is 5. The molecule has 0 bridgehead atoms. The number of carbonyl (C=O) groups is 1. The highest BCUT2D eigenvalue weighted by molar-refractivity contribution is 5.77. The summed E-state index contributed by atoms with van der Waals surface area (Å²) in [5.74, 6) is 0.287. The molecule has 1 aromatic rings. The molecule has 120 valence electrons. The highest BCUT2D eigenvalue weighted by Crippen LogP contribution is 2.17. The van der Waals surface area contributed by atoms with Crippen molar-refractivity contribution < 1.29 is 4.79 Å². The minimum atomic E-state index is 0.287. The quantitative estimate of drug-likeness (QED) is 0.777. The second-order valence-corrected chi connectivity index (χ2v) is 6.36. The van der Waals surface area contributed by atoms with Crippen molar-refractivity contribution >= 4 is 5.91 Å². The smallest absolute Gasteiger partial charge is 0.224 e. The molecule has 1 atom stereocenters. The van der Waals surface area contributed by atoms with Gasteiger partial charge >= 0.3 is 0 Å². The number of nitrogens with zero attached hydrogens (tertiary/aromatic N) is 2. The minimum absolute atomic E-state index is 0.287. The molecule has 1 aliphatic heterocycles.